The highest BCUT2D eigenvalue weighted by atomic mass is 35.5. The number of rotatable bonds is 3. The first-order chi connectivity index (χ1) is 8.60. The van der Waals surface area contributed by atoms with Gasteiger partial charge < -0.3 is 10.5 Å². The number of nitrogens with two attached hydrogens (primary N) is 1. The van der Waals surface area contributed by atoms with Gasteiger partial charge in [-0.2, -0.15) is 0 Å². The predicted octanol–water partition coefficient (Wildman–Crippen LogP) is 4.74. The molecular formula is C13H11Cl2NOS. The maximum atomic E-state index is 5.99. The highest BCUT2D eigenvalue weighted by molar-refractivity contribution is 7.99. The number of anilines is 1. The first-order valence-corrected chi connectivity index (χ1v) is 6.74. The van der Waals surface area contributed by atoms with Crippen LogP contribution in [0.25, 0.3) is 0 Å². The molecule has 0 atom stereocenters. The summed E-state index contributed by atoms with van der Waals surface area (Å²) in [6, 6.07) is 11.2. The van der Waals surface area contributed by atoms with Crippen molar-refractivity contribution in [3.05, 3.63) is 46.4 Å². The summed E-state index contributed by atoms with van der Waals surface area (Å²) in [5.74, 6) is 0.804. The summed E-state index contributed by atoms with van der Waals surface area (Å²) < 4.78 is 5.17. The number of halogens is 2. The molecule has 0 unspecified atom stereocenters. The Bertz CT molecular complexity index is 575. The molecule has 2 nitrogen and oxygen atoms in total. The van der Waals surface area contributed by atoms with Crippen molar-refractivity contribution >= 4 is 40.7 Å². The zero-order chi connectivity index (χ0) is 13.1. The molecule has 0 heterocycles. The lowest BCUT2D eigenvalue weighted by molar-refractivity contribution is 0.413. The van der Waals surface area contributed by atoms with Crippen LogP contribution in [-0.4, -0.2) is 7.11 Å². The van der Waals surface area contributed by atoms with Crippen LogP contribution in [0.4, 0.5) is 5.69 Å². The van der Waals surface area contributed by atoms with E-state index in [1.165, 1.54) is 11.8 Å². The zero-order valence-electron chi connectivity index (χ0n) is 9.61. The SMILES string of the molecule is COc1cccc(Sc2cc(Cl)c(Cl)cc2N)c1. The maximum absolute atomic E-state index is 5.99. The first-order valence-electron chi connectivity index (χ1n) is 5.16. The predicted molar refractivity (Wildman–Crippen MR) is 78.0 cm³/mol. The maximum Gasteiger partial charge on any atom is 0.119 e. The number of nitrogen functional groups attached to an aromatic ring is 1. The van der Waals surface area contributed by atoms with Gasteiger partial charge in [-0.05, 0) is 30.3 Å². The average Bonchev–Trinajstić information content (AvgIpc) is 2.36. The third kappa shape index (κ3) is 3.05. The Labute approximate surface area is 120 Å². The molecule has 2 N–H and O–H groups in total. The molecule has 0 aliphatic carbocycles. The first kappa shape index (κ1) is 13.4. The smallest absolute Gasteiger partial charge is 0.119 e. The lowest BCUT2D eigenvalue weighted by Gasteiger charge is -2.08. The van der Waals surface area contributed by atoms with E-state index in [4.69, 9.17) is 33.7 Å². The van der Waals surface area contributed by atoms with Crippen molar-refractivity contribution in [3.63, 3.8) is 0 Å². The van der Waals surface area contributed by atoms with Crippen molar-refractivity contribution in [1.29, 1.82) is 0 Å². The van der Waals surface area contributed by atoms with E-state index in [1.54, 1.807) is 19.2 Å². The highest BCUT2D eigenvalue weighted by Crippen LogP contribution is 2.37. The Morgan fingerprint density at radius 3 is 2.56 bits per heavy atom. The Morgan fingerprint density at radius 2 is 1.83 bits per heavy atom. The Kier molecular flexibility index (Phi) is 4.27. The van der Waals surface area contributed by atoms with E-state index in [9.17, 15) is 0 Å². The number of benzene rings is 2. The molecule has 0 amide bonds. The van der Waals surface area contributed by atoms with Gasteiger partial charge in [-0.15, -0.1) is 0 Å². The molecule has 2 aromatic rings. The van der Waals surface area contributed by atoms with Crippen LogP contribution in [0.3, 0.4) is 0 Å². The van der Waals surface area contributed by atoms with Crippen LogP contribution in [0.2, 0.25) is 10.0 Å². The minimum atomic E-state index is 0.462. The van der Waals surface area contributed by atoms with Crippen LogP contribution in [0.1, 0.15) is 0 Å². The molecule has 0 bridgehead atoms. The fourth-order valence-electron chi connectivity index (χ4n) is 1.42. The summed E-state index contributed by atoms with van der Waals surface area (Å²) in [6.07, 6.45) is 0. The van der Waals surface area contributed by atoms with Crippen molar-refractivity contribution in [1.82, 2.24) is 0 Å². The molecule has 0 fully saturated rings. The van der Waals surface area contributed by atoms with E-state index in [1.807, 2.05) is 24.3 Å². The van der Waals surface area contributed by atoms with E-state index in [0.29, 0.717) is 15.7 Å². The van der Waals surface area contributed by atoms with E-state index in [2.05, 4.69) is 0 Å². The highest BCUT2D eigenvalue weighted by Gasteiger charge is 2.07. The Balaban J connectivity index is 2.30. The van der Waals surface area contributed by atoms with Gasteiger partial charge in [0.25, 0.3) is 0 Å². The standard InChI is InChI=1S/C13H11Cl2NOS/c1-17-8-3-2-4-9(5-8)18-13-7-11(15)10(14)6-12(13)16/h2-7H,16H2,1H3. The summed E-state index contributed by atoms with van der Waals surface area (Å²) in [6.45, 7) is 0. The third-order valence-corrected chi connectivity index (χ3v) is 4.11. The molecule has 0 aliphatic rings. The topological polar surface area (TPSA) is 35.2 Å². The molecule has 0 spiro atoms. The van der Waals surface area contributed by atoms with Gasteiger partial charge in [0.1, 0.15) is 5.75 Å². The number of hydrogen-bond acceptors (Lipinski definition) is 3. The van der Waals surface area contributed by atoms with E-state index >= 15 is 0 Å². The second kappa shape index (κ2) is 5.74. The second-order valence-electron chi connectivity index (χ2n) is 3.59. The summed E-state index contributed by atoms with van der Waals surface area (Å²) in [5, 5.41) is 0.959. The fraction of sp³-hybridized carbons (Fsp3) is 0.0769. The van der Waals surface area contributed by atoms with Crippen molar-refractivity contribution < 1.29 is 4.74 Å². The Hall–Kier alpha value is -1.03. The van der Waals surface area contributed by atoms with Crippen LogP contribution >= 0.6 is 35.0 Å². The summed E-state index contributed by atoms with van der Waals surface area (Å²) in [7, 11) is 1.64. The van der Waals surface area contributed by atoms with Gasteiger partial charge in [-0.3, -0.25) is 0 Å². The van der Waals surface area contributed by atoms with Gasteiger partial charge in [0.15, 0.2) is 0 Å². The minimum absolute atomic E-state index is 0.462. The van der Waals surface area contributed by atoms with Crippen LogP contribution in [-0.2, 0) is 0 Å². The number of hydrogen-bond donors (Lipinski definition) is 1. The third-order valence-electron chi connectivity index (χ3n) is 2.32. The fourth-order valence-corrected chi connectivity index (χ4v) is 2.75. The van der Waals surface area contributed by atoms with E-state index < -0.39 is 0 Å². The molecular weight excluding hydrogens is 289 g/mol. The summed E-state index contributed by atoms with van der Waals surface area (Å²) >= 11 is 13.4. The molecule has 94 valence electrons. The van der Waals surface area contributed by atoms with Crippen molar-refractivity contribution in [2.45, 2.75) is 9.79 Å². The molecule has 2 rings (SSSR count). The van der Waals surface area contributed by atoms with Crippen molar-refractivity contribution in [2.24, 2.45) is 0 Å². The molecule has 0 aromatic heterocycles. The zero-order valence-corrected chi connectivity index (χ0v) is 11.9. The Morgan fingerprint density at radius 1 is 1.11 bits per heavy atom. The van der Waals surface area contributed by atoms with Gasteiger partial charge in [0.2, 0.25) is 0 Å². The van der Waals surface area contributed by atoms with E-state index in [-0.39, 0.29) is 0 Å². The van der Waals surface area contributed by atoms with Crippen LogP contribution in [0.15, 0.2) is 46.2 Å². The minimum Gasteiger partial charge on any atom is -0.497 e. The quantitative estimate of drug-likeness (QED) is 0.832. The van der Waals surface area contributed by atoms with Crippen molar-refractivity contribution in [2.75, 3.05) is 12.8 Å². The molecule has 18 heavy (non-hydrogen) atoms. The summed E-state index contributed by atoms with van der Waals surface area (Å²) in [5.41, 5.74) is 6.52. The molecule has 0 saturated heterocycles. The van der Waals surface area contributed by atoms with Gasteiger partial charge in [-0.1, -0.05) is 41.0 Å². The van der Waals surface area contributed by atoms with Crippen molar-refractivity contribution in [3.8, 4) is 5.75 Å². The molecule has 0 saturated carbocycles. The molecule has 0 aliphatic heterocycles. The lowest BCUT2D eigenvalue weighted by Crippen LogP contribution is -1.89. The molecule has 5 heteroatoms. The number of methoxy groups -OCH3 is 1. The largest absolute Gasteiger partial charge is 0.497 e. The molecule has 0 radical (unpaired) electrons. The summed E-state index contributed by atoms with van der Waals surface area (Å²) in [4.78, 5) is 1.90. The van der Waals surface area contributed by atoms with Crippen LogP contribution in [0, 0.1) is 0 Å². The number of ether oxygens (including phenoxy) is 1. The van der Waals surface area contributed by atoms with Gasteiger partial charge in [0, 0.05) is 15.5 Å². The average molecular weight is 300 g/mol. The van der Waals surface area contributed by atoms with Gasteiger partial charge in [-0.25, -0.2) is 0 Å². The van der Waals surface area contributed by atoms with Gasteiger partial charge in [0.05, 0.1) is 17.2 Å². The lowest BCUT2D eigenvalue weighted by atomic mass is 10.3. The normalized spacial score (nSPS) is 10.4. The second-order valence-corrected chi connectivity index (χ2v) is 5.51. The molecule has 2 aromatic carbocycles. The van der Waals surface area contributed by atoms with Gasteiger partial charge >= 0.3 is 0 Å². The monoisotopic (exact) mass is 299 g/mol. The van der Waals surface area contributed by atoms with E-state index in [0.717, 1.165) is 15.5 Å². The van der Waals surface area contributed by atoms with Crippen LogP contribution < -0.4 is 10.5 Å². The van der Waals surface area contributed by atoms with Crippen LogP contribution in [0.5, 0.6) is 5.75 Å².